The van der Waals surface area contributed by atoms with Gasteiger partial charge < -0.3 is 10.1 Å². The highest BCUT2D eigenvalue weighted by atomic mass is 35.5. The molecule has 2 heterocycles. The fourth-order valence-corrected chi connectivity index (χ4v) is 4.19. The third-order valence-corrected chi connectivity index (χ3v) is 5.85. The van der Waals surface area contributed by atoms with Crippen molar-refractivity contribution in [2.45, 2.75) is 13.0 Å². The van der Waals surface area contributed by atoms with E-state index in [4.69, 9.17) is 27.9 Å². The van der Waals surface area contributed by atoms with Crippen molar-refractivity contribution >= 4 is 34.8 Å². The standard InChI is InChI=1S/C21H23Cl2N3O2/c22-17-2-1-3-18(23)21(17)24-20(27)14-26-9-7-25(8-10-26)13-15-4-5-19-16(12-15)6-11-28-19/h1-5,12H,6-11,13-14H2,(H,24,27). The highest BCUT2D eigenvalue weighted by Crippen LogP contribution is 2.30. The van der Waals surface area contributed by atoms with Crippen molar-refractivity contribution < 1.29 is 9.53 Å². The second kappa shape index (κ2) is 8.70. The Morgan fingerprint density at radius 3 is 2.50 bits per heavy atom. The highest BCUT2D eigenvalue weighted by molar-refractivity contribution is 6.39. The molecule has 0 radical (unpaired) electrons. The Balaban J connectivity index is 1.25. The van der Waals surface area contributed by atoms with Crippen LogP contribution in [-0.4, -0.2) is 55.0 Å². The first-order valence-electron chi connectivity index (χ1n) is 9.51. The Morgan fingerprint density at radius 1 is 1.04 bits per heavy atom. The van der Waals surface area contributed by atoms with E-state index in [0.717, 1.165) is 51.5 Å². The Morgan fingerprint density at radius 2 is 1.75 bits per heavy atom. The van der Waals surface area contributed by atoms with Crippen LogP contribution in [0.15, 0.2) is 36.4 Å². The molecule has 1 amide bonds. The van der Waals surface area contributed by atoms with Gasteiger partial charge in [0.1, 0.15) is 5.75 Å². The number of hydrogen-bond donors (Lipinski definition) is 1. The average Bonchev–Trinajstić information content (AvgIpc) is 3.14. The molecule has 0 unspecified atom stereocenters. The second-order valence-corrected chi connectivity index (χ2v) is 8.05. The summed E-state index contributed by atoms with van der Waals surface area (Å²) in [7, 11) is 0. The van der Waals surface area contributed by atoms with Crippen LogP contribution >= 0.6 is 23.2 Å². The lowest BCUT2D eigenvalue weighted by molar-refractivity contribution is -0.117. The number of hydrogen-bond acceptors (Lipinski definition) is 4. The number of anilines is 1. The van der Waals surface area contributed by atoms with Crippen molar-refractivity contribution in [1.29, 1.82) is 0 Å². The molecule has 1 N–H and O–H groups in total. The fourth-order valence-electron chi connectivity index (χ4n) is 3.70. The van der Waals surface area contributed by atoms with Crippen molar-refractivity contribution in [2.75, 3.05) is 44.6 Å². The summed E-state index contributed by atoms with van der Waals surface area (Å²) >= 11 is 12.2. The van der Waals surface area contributed by atoms with Crippen LogP contribution in [0.4, 0.5) is 5.69 Å². The van der Waals surface area contributed by atoms with Gasteiger partial charge in [-0.3, -0.25) is 14.6 Å². The minimum atomic E-state index is -0.0953. The largest absolute Gasteiger partial charge is 0.493 e. The van der Waals surface area contributed by atoms with Crippen molar-refractivity contribution in [3.8, 4) is 5.75 Å². The van der Waals surface area contributed by atoms with E-state index in [1.54, 1.807) is 18.2 Å². The predicted molar refractivity (Wildman–Crippen MR) is 112 cm³/mol. The van der Waals surface area contributed by atoms with Crippen molar-refractivity contribution in [1.82, 2.24) is 9.80 Å². The van der Waals surface area contributed by atoms with E-state index in [1.165, 1.54) is 11.1 Å². The summed E-state index contributed by atoms with van der Waals surface area (Å²) in [5, 5.41) is 3.73. The molecule has 0 aromatic heterocycles. The lowest BCUT2D eigenvalue weighted by Crippen LogP contribution is -2.48. The van der Waals surface area contributed by atoms with Crippen LogP contribution in [0.1, 0.15) is 11.1 Å². The smallest absolute Gasteiger partial charge is 0.238 e. The van der Waals surface area contributed by atoms with E-state index in [1.807, 2.05) is 0 Å². The van der Waals surface area contributed by atoms with Gasteiger partial charge in [0, 0.05) is 39.1 Å². The van der Waals surface area contributed by atoms with Crippen LogP contribution in [0.3, 0.4) is 0 Å². The molecule has 148 valence electrons. The van der Waals surface area contributed by atoms with Crippen molar-refractivity contribution in [3.63, 3.8) is 0 Å². The molecule has 5 nitrogen and oxygen atoms in total. The zero-order chi connectivity index (χ0) is 19.5. The molecule has 1 fully saturated rings. The number of fused-ring (bicyclic) bond motifs is 1. The number of halogens is 2. The molecule has 2 aromatic carbocycles. The first-order valence-corrected chi connectivity index (χ1v) is 10.3. The second-order valence-electron chi connectivity index (χ2n) is 7.24. The molecule has 28 heavy (non-hydrogen) atoms. The summed E-state index contributed by atoms with van der Waals surface area (Å²) in [5.41, 5.74) is 3.12. The molecular formula is C21H23Cl2N3O2. The van der Waals surface area contributed by atoms with E-state index in [-0.39, 0.29) is 5.91 Å². The Labute approximate surface area is 175 Å². The number of carbonyl (C=O) groups is 1. The van der Waals surface area contributed by atoms with Crippen LogP contribution in [0.2, 0.25) is 10.0 Å². The summed E-state index contributed by atoms with van der Waals surface area (Å²) in [6.07, 6.45) is 1.00. The average molecular weight is 420 g/mol. The number of benzene rings is 2. The predicted octanol–water partition coefficient (Wildman–Crippen LogP) is 3.68. The van der Waals surface area contributed by atoms with Gasteiger partial charge in [-0.1, -0.05) is 41.4 Å². The zero-order valence-electron chi connectivity index (χ0n) is 15.6. The number of nitrogens with zero attached hydrogens (tertiary/aromatic N) is 2. The maximum atomic E-state index is 12.4. The minimum absolute atomic E-state index is 0.0953. The van der Waals surface area contributed by atoms with Crippen molar-refractivity contribution in [2.24, 2.45) is 0 Å². The molecule has 1 saturated heterocycles. The highest BCUT2D eigenvalue weighted by Gasteiger charge is 2.20. The number of nitrogens with one attached hydrogen (secondary N) is 1. The van der Waals surface area contributed by atoms with Crippen LogP contribution < -0.4 is 10.1 Å². The first kappa shape index (κ1) is 19.5. The number of amides is 1. The summed E-state index contributed by atoms with van der Waals surface area (Å²) in [6.45, 7) is 5.66. The number of rotatable bonds is 5. The normalized spacial score (nSPS) is 17.2. The zero-order valence-corrected chi connectivity index (χ0v) is 17.1. The van der Waals surface area contributed by atoms with Gasteiger partial charge in [-0.2, -0.15) is 0 Å². The summed E-state index contributed by atoms with van der Waals surface area (Å²) in [4.78, 5) is 17.0. The van der Waals surface area contributed by atoms with E-state index >= 15 is 0 Å². The van der Waals surface area contributed by atoms with Gasteiger partial charge >= 0.3 is 0 Å². The van der Waals surface area contributed by atoms with Gasteiger partial charge in [0.05, 0.1) is 28.9 Å². The van der Waals surface area contributed by atoms with Crippen LogP contribution in [0.5, 0.6) is 5.75 Å². The number of para-hydroxylation sites is 1. The maximum absolute atomic E-state index is 12.4. The lowest BCUT2D eigenvalue weighted by atomic mass is 10.1. The number of ether oxygens (including phenoxy) is 1. The molecule has 4 rings (SSSR count). The lowest BCUT2D eigenvalue weighted by Gasteiger charge is -2.34. The van der Waals surface area contributed by atoms with E-state index < -0.39 is 0 Å². The molecule has 0 bridgehead atoms. The van der Waals surface area contributed by atoms with Gasteiger partial charge in [0.25, 0.3) is 0 Å². The molecule has 2 aliphatic heterocycles. The van der Waals surface area contributed by atoms with Gasteiger partial charge in [-0.05, 0) is 29.3 Å². The fraction of sp³-hybridized carbons (Fsp3) is 0.381. The summed E-state index contributed by atoms with van der Waals surface area (Å²) < 4.78 is 5.58. The van der Waals surface area contributed by atoms with Gasteiger partial charge in [-0.15, -0.1) is 0 Å². The van der Waals surface area contributed by atoms with Gasteiger partial charge in [0.15, 0.2) is 0 Å². The Hall–Kier alpha value is -1.79. The van der Waals surface area contributed by atoms with Crippen LogP contribution in [-0.2, 0) is 17.8 Å². The molecule has 7 heteroatoms. The number of carbonyl (C=O) groups excluding carboxylic acids is 1. The van der Waals surface area contributed by atoms with Crippen LogP contribution in [0.25, 0.3) is 0 Å². The molecule has 2 aromatic rings. The molecule has 2 aliphatic rings. The minimum Gasteiger partial charge on any atom is -0.493 e. The third-order valence-electron chi connectivity index (χ3n) is 5.22. The Kier molecular flexibility index (Phi) is 6.07. The SMILES string of the molecule is O=C(CN1CCN(Cc2ccc3c(c2)CCO3)CC1)Nc1c(Cl)cccc1Cl. The molecular weight excluding hydrogens is 397 g/mol. The van der Waals surface area contributed by atoms with Gasteiger partial charge in [0.2, 0.25) is 5.91 Å². The Bertz CT molecular complexity index is 846. The number of piperazine rings is 1. The molecule has 0 atom stereocenters. The third kappa shape index (κ3) is 4.61. The van der Waals surface area contributed by atoms with Crippen molar-refractivity contribution in [3.05, 3.63) is 57.6 Å². The topological polar surface area (TPSA) is 44.8 Å². The van der Waals surface area contributed by atoms with Gasteiger partial charge in [-0.25, -0.2) is 0 Å². The maximum Gasteiger partial charge on any atom is 0.238 e. The monoisotopic (exact) mass is 419 g/mol. The quantitative estimate of drug-likeness (QED) is 0.802. The van der Waals surface area contributed by atoms with E-state index in [0.29, 0.717) is 22.3 Å². The summed E-state index contributed by atoms with van der Waals surface area (Å²) in [6, 6.07) is 11.7. The summed E-state index contributed by atoms with van der Waals surface area (Å²) in [5.74, 6) is 0.931. The van der Waals surface area contributed by atoms with E-state index in [2.05, 4.69) is 33.3 Å². The molecule has 0 saturated carbocycles. The molecule has 0 aliphatic carbocycles. The first-order chi connectivity index (χ1) is 13.6. The molecule has 0 spiro atoms. The van der Waals surface area contributed by atoms with E-state index in [9.17, 15) is 4.79 Å². The van der Waals surface area contributed by atoms with Crippen LogP contribution in [0, 0.1) is 0 Å².